The number of nitrogens with zero attached hydrogens (tertiary/aromatic N) is 3. The van der Waals surface area contributed by atoms with Crippen LogP contribution < -0.4 is 0 Å². The molecule has 0 aliphatic carbocycles. The van der Waals surface area contributed by atoms with Gasteiger partial charge in [-0.25, -0.2) is 9.50 Å². The first-order valence-electron chi connectivity index (χ1n) is 3.37. The summed E-state index contributed by atoms with van der Waals surface area (Å²) in [7, 11) is 0. The first-order chi connectivity index (χ1) is 6.22. The van der Waals surface area contributed by atoms with Crippen LogP contribution in [-0.2, 0) is 0 Å². The monoisotopic (exact) mass is 259 g/mol. The van der Waals surface area contributed by atoms with E-state index in [1.807, 2.05) is 0 Å². The van der Waals surface area contributed by atoms with Crippen LogP contribution in [0, 0.1) is 0 Å². The van der Waals surface area contributed by atoms with Crippen LogP contribution in [0.3, 0.4) is 0 Å². The van der Waals surface area contributed by atoms with Gasteiger partial charge in [0.2, 0.25) is 0 Å². The maximum atomic E-state index is 10.5. The van der Waals surface area contributed by atoms with E-state index in [4.69, 9.17) is 11.6 Å². The van der Waals surface area contributed by atoms with Crippen LogP contribution in [0.15, 0.2) is 16.7 Å². The zero-order valence-electron chi connectivity index (χ0n) is 6.24. The molecule has 66 valence electrons. The zero-order chi connectivity index (χ0) is 9.42. The van der Waals surface area contributed by atoms with Gasteiger partial charge in [0.15, 0.2) is 17.1 Å². The van der Waals surface area contributed by atoms with Crippen molar-refractivity contribution in [3.8, 4) is 0 Å². The van der Waals surface area contributed by atoms with Crippen molar-refractivity contribution in [1.29, 1.82) is 0 Å². The van der Waals surface area contributed by atoms with E-state index in [0.717, 1.165) is 0 Å². The average Bonchev–Trinajstić information content (AvgIpc) is 2.47. The highest BCUT2D eigenvalue weighted by Gasteiger charge is 2.07. The Hall–Kier alpha value is -0.940. The molecule has 2 heterocycles. The second-order valence-corrected chi connectivity index (χ2v) is 3.59. The summed E-state index contributed by atoms with van der Waals surface area (Å²) < 4.78 is 2.10. The summed E-state index contributed by atoms with van der Waals surface area (Å²) in [5.41, 5.74) is 0.949. The molecule has 4 nitrogen and oxygen atoms in total. The highest BCUT2D eigenvalue weighted by molar-refractivity contribution is 9.10. The lowest BCUT2D eigenvalue weighted by molar-refractivity contribution is 0.111. The van der Waals surface area contributed by atoms with Crippen molar-refractivity contribution >= 4 is 39.5 Å². The van der Waals surface area contributed by atoms with Gasteiger partial charge in [-0.3, -0.25) is 4.79 Å². The minimum Gasteiger partial charge on any atom is -0.296 e. The van der Waals surface area contributed by atoms with E-state index in [1.165, 1.54) is 10.7 Å². The third kappa shape index (κ3) is 1.34. The molecule has 0 aromatic carbocycles. The number of hydrogen-bond donors (Lipinski definition) is 0. The van der Waals surface area contributed by atoms with Crippen molar-refractivity contribution < 1.29 is 4.79 Å². The third-order valence-corrected chi connectivity index (χ3v) is 2.31. The second kappa shape index (κ2) is 3.08. The van der Waals surface area contributed by atoms with E-state index < -0.39 is 0 Å². The van der Waals surface area contributed by atoms with Crippen molar-refractivity contribution in [2.24, 2.45) is 0 Å². The summed E-state index contributed by atoms with van der Waals surface area (Å²) in [6, 6.07) is 1.62. The maximum Gasteiger partial charge on any atom is 0.170 e. The zero-order valence-corrected chi connectivity index (χ0v) is 8.58. The number of aldehydes is 1. The number of rotatable bonds is 1. The molecule has 0 saturated carbocycles. The molecule has 0 bridgehead atoms. The quantitative estimate of drug-likeness (QED) is 0.736. The molecule has 0 spiro atoms. The molecule has 0 amide bonds. The molecule has 0 N–H and O–H groups in total. The summed E-state index contributed by atoms with van der Waals surface area (Å²) >= 11 is 8.97. The van der Waals surface area contributed by atoms with Gasteiger partial charge in [-0.05, 0) is 22.0 Å². The van der Waals surface area contributed by atoms with Crippen LogP contribution in [0.1, 0.15) is 10.5 Å². The first-order valence-corrected chi connectivity index (χ1v) is 4.54. The average molecular weight is 260 g/mol. The predicted molar refractivity (Wildman–Crippen MR) is 51.1 cm³/mol. The summed E-state index contributed by atoms with van der Waals surface area (Å²) in [5.74, 6) is 0. The highest BCUT2D eigenvalue weighted by Crippen LogP contribution is 2.19. The molecule has 2 aromatic rings. The summed E-state index contributed by atoms with van der Waals surface area (Å²) in [6.45, 7) is 0. The Morgan fingerprint density at radius 1 is 1.62 bits per heavy atom. The largest absolute Gasteiger partial charge is 0.296 e. The lowest BCUT2D eigenvalue weighted by Gasteiger charge is -1.96. The number of aromatic nitrogens is 3. The predicted octanol–water partition coefficient (Wildman–Crippen LogP) is 1.96. The highest BCUT2D eigenvalue weighted by atomic mass is 79.9. The number of imidazole rings is 1. The molecule has 6 heteroatoms. The van der Waals surface area contributed by atoms with Crippen LogP contribution in [0.4, 0.5) is 0 Å². The Morgan fingerprint density at radius 2 is 2.38 bits per heavy atom. The molecule has 0 atom stereocenters. The van der Waals surface area contributed by atoms with Gasteiger partial charge in [0.1, 0.15) is 5.69 Å². The van der Waals surface area contributed by atoms with Gasteiger partial charge >= 0.3 is 0 Å². The van der Waals surface area contributed by atoms with E-state index in [1.54, 1.807) is 6.07 Å². The number of halogens is 2. The number of carbonyl (C=O) groups is 1. The molecule has 0 aliphatic heterocycles. The molecule has 0 saturated heterocycles. The summed E-state index contributed by atoms with van der Waals surface area (Å²) in [5, 5.41) is 4.23. The lowest BCUT2D eigenvalue weighted by Crippen LogP contribution is -1.96. The van der Waals surface area contributed by atoms with E-state index >= 15 is 0 Å². The molecule has 0 radical (unpaired) electrons. The molecule has 0 aliphatic rings. The Bertz CT molecular complexity index is 482. The molecule has 2 aromatic heterocycles. The van der Waals surface area contributed by atoms with Crippen LogP contribution in [0.25, 0.3) is 5.65 Å². The number of carbonyl (C=O) groups excluding carboxylic acids is 1. The van der Waals surface area contributed by atoms with Crippen molar-refractivity contribution in [2.45, 2.75) is 0 Å². The first kappa shape index (κ1) is 8.65. The molecule has 0 unspecified atom stereocenters. The minimum atomic E-state index is 0.306. The molecular weight excluding hydrogens is 257 g/mol. The molecule has 0 fully saturated rings. The Kier molecular flexibility index (Phi) is 2.05. The Labute approximate surface area is 86.7 Å². The van der Waals surface area contributed by atoms with Gasteiger partial charge in [0, 0.05) is 0 Å². The van der Waals surface area contributed by atoms with Gasteiger partial charge in [0.05, 0.1) is 10.7 Å². The molecule has 2 rings (SSSR count). The van der Waals surface area contributed by atoms with Gasteiger partial charge < -0.3 is 0 Å². The number of hydrogen-bond acceptors (Lipinski definition) is 3. The normalized spacial score (nSPS) is 10.6. The summed E-state index contributed by atoms with van der Waals surface area (Å²) in [6.07, 6.45) is 2.12. The standard InChI is InChI=1S/C7H3BrClN3O/c8-5-1-6(9)11-12-4(3-13)2-10-7(5)12/h1-3H. The lowest BCUT2D eigenvalue weighted by atomic mass is 10.5. The smallest absolute Gasteiger partial charge is 0.170 e. The van der Waals surface area contributed by atoms with Gasteiger partial charge in [-0.15, -0.1) is 0 Å². The van der Waals surface area contributed by atoms with E-state index in [9.17, 15) is 4.79 Å². The van der Waals surface area contributed by atoms with Crippen LogP contribution in [0.2, 0.25) is 5.15 Å². The van der Waals surface area contributed by atoms with E-state index in [-0.39, 0.29) is 0 Å². The maximum absolute atomic E-state index is 10.5. The summed E-state index contributed by atoms with van der Waals surface area (Å²) in [4.78, 5) is 14.5. The third-order valence-electron chi connectivity index (χ3n) is 1.54. The van der Waals surface area contributed by atoms with E-state index in [2.05, 4.69) is 26.0 Å². The van der Waals surface area contributed by atoms with Crippen LogP contribution in [-0.4, -0.2) is 20.9 Å². The van der Waals surface area contributed by atoms with Gasteiger partial charge in [0.25, 0.3) is 0 Å². The number of fused-ring (bicyclic) bond motifs is 1. The van der Waals surface area contributed by atoms with E-state index in [0.29, 0.717) is 27.3 Å². The molecule has 13 heavy (non-hydrogen) atoms. The fourth-order valence-electron chi connectivity index (χ4n) is 1.00. The topological polar surface area (TPSA) is 47.3 Å². The van der Waals surface area contributed by atoms with Crippen LogP contribution >= 0.6 is 27.5 Å². The van der Waals surface area contributed by atoms with Gasteiger partial charge in [-0.1, -0.05) is 11.6 Å². The molecular formula is C7H3BrClN3O. The Balaban J connectivity index is 2.89. The second-order valence-electron chi connectivity index (χ2n) is 2.35. The van der Waals surface area contributed by atoms with Crippen molar-refractivity contribution in [1.82, 2.24) is 14.6 Å². The Morgan fingerprint density at radius 3 is 3.08 bits per heavy atom. The SMILES string of the molecule is O=Cc1cnc2c(Br)cc(Cl)nn12. The van der Waals surface area contributed by atoms with Crippen molar-refractivity contribution in [3.05, 3.63) is 27.6 Å². The minimum absolute atomic E-state index is 0.306. The fraction of sp³-hybridized carbons (Fsp3) is 0. The fourth-order valence-corrected chi connectivity index (χ4v) is 1.80. The van der Waals surface area contributed by atoms with Gasteiger partial charge in [-0.2, -0.15) is 5.10 Å². The van der Waals surface area contributed by atoms with Crippen molar-refractivity contribution in [2.75, 3.05) is 0 Å². The van der Waals surface area contributed by atoms with Crippen molar-refractivity contribution in [3.63, 3.8) is 0 Å². The van der Waals surface area contributed by atoms with Crippen LogP contribution in [0.5, 0.6) is 0 Å².